The molecular formula is C16H13N3O4. The van der Waals surface area contributed by atoms with Gasteiger partial charge >= 0.3 is 0 Å². The topological polar surface area (TPSA) is 89.4 Å². The average Bonchev–Trinajstić information content (AvgIpc) is 3.26. The lowest BCUT2D eigenvalue weighted by Gasteiger charge is -2.06. The molecule has 2 aromatic heterocycles. The van der Waals surface area contributed by atoms with Crippen molar-refractivity contribution in [1.29, 1.82) is 0 Å². The number of hydrogen-bond donors (Lipinski definition) is 2. The van der Waals surface area contributed by atoms with E-state index in [0.29, 0.717) is 28.6 Å². The number of furan rings is 1. The van der Waals surface area contributed by atoms with Crippen molar-refractivity contribution in [3.05, 3.63) is 48.0 Å². The fourth-order valence-electron chi connectivity index (χ4n) is 2.47. The molecule has 0 fully saturated rings. The lowest BCUT2D eigenvalue weighted by atomic mass is 10.1. The third-order valence-corrected chi connectivity index (χ3v) is 3.66. The minimum atomic E-state index is -0.262. The van der Waals surface area contributed by atoms with E-state index >= 15 is 0 Å². The molecule has 3 heterocycles. The van der Waals surface area contributed by atoms with Crippen LogP contribution in [0, 0.1) is 6.92 Å². The van der Waals surface area contributed by atoms with Crippen LogP contribution in [0.4, 0.5) is 5.82 Å². The monoisotopic (exact) mass is 311 g/mol. The predicted molar refractivity (Wildman–Crippen MR) is 81.5 cm³/mol. The fraction of sp³-hybridized carbons (Fsp3) is 0.125. The zero-order valence-electron chi connectivity index (χ0n) is 12.3. The van der Waals surface area contributed by atoms with Crippen LogP contribution >= 0.6 is 0 Å². The minimum absolute atomic E-state index is 0.216. The van der Waals surface area contributed by atoms with Gasteiger partial charge in [-0.3, -0.25) is 9.89 Å². The minimum Gasteiger partial charge on any atom is -0.469 e. The molecule has 0 saturated heterocycles. The molecule has 3 aromatic rings. The van der Waals surface area contributed by atoms with Gasteiger partial charge in [0, 0.05) is 5.56 Å². The van der Waals surface area contributed by atoms with Crippen molar-refractivity contribution in [3.8, 4) is 22.6 Å². The SMILES string of the molecule is Cc1occc1C(=O)Nc1[nH]ncc1-c1ccc2c(c1)OCO2. The van der Waals surface area contributed by atoms with E-state index in [1.54, 1.807) is 19.2 Å². The van der Waals surface area contributed by atoms with Gasteiger partial charge in [0.1, 0.15) is 11.6 Å². The van der Waals surface area contributed by atoms with Crippen LogP contribution in [0.15, 0.2) is 41.1 Å². The van der Waals surface area contributed by atoms with Crippen molar-refractivity contribution in [2.75, 3.05) is 12.1 Å². The van der Waals surface area contributed by atoms with Gasteiger partial charge < -0.3 is 19.2 Å². The summed E-state index contributed by atoms with van der Waals surface area (Å²) in [6.07, 6.45) is 3.13. The molecule has 1 amide bonds. The van der Waals surface area contributed by atoms with Crippen molar-refractivity contribution in [2.24, 2.45) is 0 Å². The second-order valence-corrected chi connectivity index (χ2v) is 5.07. The van der Waals surface area contributed by atoms with Crippen molar-refractivity contribution in [1.82, 2.24) is 10.2 Å². The van der Waals surface area contributed by atoms with Gasteiger partial charge in [-0.2, -0.15) is 5.10 Å². The maximum absolute atomic E-state index is 12.3. The van der Waals surface area contributed by atoms with Gasteiger partial charge in [0.05, 0.1) is 18.0 Å². The zero-order valence-corrected chi connectivity index (χ0v) is 12.3. The Hall–Kier alpha value is -3.22. The van der Waals surface area contributed by atoms with Crippen LogP contribution < -0.4 is 14.8 Å². The molecule has 0 radical (unpaired) electrons. The molecule has 1 aromatic carbocycles. The largest absolute Gasteiger partial charge is 0.469 e. The summed E-state index contributed by atoms with van der Waals surface area (Å²) in [6.45, 7) is 1.95. The van der Waals surface area contributed by atoms with Crippen LogP contribution in [0.1, 0.15) is 16.1 Å². The summed E-state index contributed by atoms with van der Waals surface area (Å²) in [7, 11) is 0. The van der Waals surface area contributed by atoms with Gasteiger partial charge in [-0.15, -0.1) is 0 Å². The lowest BCUT2D eigenvalue weighted by Crippen LogP contribution is -2.13. The smallest absolute Gasteiger partial charge is 0.260 e. The van der Waals surface area contributed by atoms with E-state index in [0.717, 1.165) is 11.1 Å². The number of amides is 1. The van der Waals surface area contributed by atoms with E-state index in [1.807, 2.05) is 18.2 Å². The van der Waals surface area contributed by atoms with Crippen LogP contribution in [0.3, 0.4) is 0 Å². The standard InChI is InChI=1S/C16H13N3O4/c1-9-11(4-5-21-9)16(20)18-15-12(7-17-19-15)10-2-3-13-14(6-10)23-8-22-13/h2-7H,8H2,1H3,(H2,17,18,19,20). The van der Waals surface area contributed by atoms with Gasteiger partial charge in [-0.1, -0.05) is 6.07 Å². The first-order valence-corrected chi connectivity index (χ1v) is 7.01. The number of aromatic nitrogens is 2. The third kappa shape index (κ3) is 2.32. The number of carbonyl (C=O) groups excluding carboxylic acids is 1. The number of carbonyl (C=O) groups is 1. The number of fused-ring (bicyclic) bond motifs is 1. The molecule has 2 N–H and O–H groups in total. The van der Waals surface area contributed by atoms with Gasteiger partial charge in [-0.05, 0) is 30.7 Å². The first-order valence-electron chi connectivity index (χ1n) is 7.01. The van der Waals surface area contributed by atoms with Gasteiger partial charge in [-0.25, -0.2) is 0 Å². The Balaban J connectivity index is 1.64. The second-order valence-electron chi connectivity index (χ2n) is 5.07. The number of hydrogen-bond acceptors (Lipinski definition) is 5. The number of aromatic amines is 1. The number of H-pyrrole nitrogens is 1. The molecule has 116 valence electrons. The van der Waals surface area contributed by atoms with E-state index in [4.69, 9.17) is 13.9 Å². The van der Waals surface area contributed by atoms with Crippen LogP contribution in [0.25, 0.3) is 11.1 Å². The van der Waals surface area contributed by atoms with Gasteiger partial charge in [0.2, 0.25) is 6.79 Å². The number of benzene rings is 1. The van der Waals surface area contributed by atoms with Crippen LogP contribution in [-0.4, -0.2) is 22.9 Å². The van der Waals surface area contributed by atoms with E-state index in [9.17, 15) is 4.79 Å². The Morgan fingerprint density at radius 1 is 1.26 bits per heavy atom. The van der Waals surface area contributed by atoms with Gasteiger partial charge in [0.25, 0.3) is 5.91 Å². The summed E-state index contributed by atoms with van der Waals surface area (Å²) in [5, 5.41) is 9.62. The molecule has 0 aliphatic carbocycles. The van der Waals surface area contributed by atoms with Crippen LogP contribution in [-0.2, 0) is 0 Å². The summed E-state index contributed by atoms with van der Waals surface area (Å²) in [5.74, 6) is 2.19. The molecule has 0 spiro atoms. The number of nitrogens with one attached hydrogen (secondary N) is 2. The van der Waals surface area contributed by atoms with E-state index in [1.165, 1.54) is 6.26 Å². The van der Waals surface area contributed by atoms with Crippen molar-refractivity contribution >= 4 is 11.7 Å². The van der Waals surface area contributed by atoms with E-state index in [2.05, 4.69) is 15.5 Å². The zero-order chi connectivity index (χ0) is 15.8. The molecular weight excluding hydrogens is 298 g/mol. The lowest BCUT2D eigenvalue weighted by molar-refractivity contribution is 0.102. The molecule has 0 bridgehead atoms. The summed E-state index contributed by atoms with van der Waals surface area (Å²) in [6, 6.07) is 7.20. The predicted octanol–water partition coefficient (Wildman–Crippen LogP) is 2.96. The molecule has 23 heavy (non-hydrogen) atoms. The Kier molecular flexibility index (Phi) is 3.04. The highest BCUT2D eigenvalue weighted by Crippen LogP contribution is 2.37. The molecule has 1 aliphatic rings. The number of aryl methyl sites for hydroxylation is 1. The summed E-state index contributed by atoms with van der Waals surface area (Å²) in [4.78, 5) is 12.3. The summed E-state index contributed by atoms with van der Waals surface area (Å²) >= 11 is 0. The number of rotatable bonds is 3. The highest BCUT2D eigenvalue weighted by Gasteiger charge is 2.18. The number of anilines is 1. The Morgan fingerprint density at radius 3 is 2.96 bits per heavy atom. The van der Waals surface area contributed by atoms with Crippen LogP contribution in [0.5, 0.6) is 11.5 Å². The third-order valence-electron chi connectivity index (χ3n) is 3.66. The Bertz CT molecular complexity index is 881. The van der Waals surface area contributed by atoms with Crippen LogP contribution in [0.2, 0.25) is 0 Å². The number of nitrogens with zero attached hydrogens (tertiary/aromatic N) is 1. The normalized spacial score (nSPS) is 12.4. The molecule has 7 heteroatoms. The van der Waals surface area contributed by atoms with Crippen molar-refractivity contribution in [3.63, 3.8) is 0 Å². The molecule has 7 nitrogen and oxygen atoms in total. The first kappa shape index (κ1) is 13.4. The summed E-state index contributed by atoms with van der Waals surface area (Å²) in [5.41, 5.74) is 2.11. The molecule has 0 atom stereocenters. The van der Waals surface area contributed by atoms with Crippen molar-refractivity contribution in [2.45, 2.75) is 6.92 Å². The Morgan fingerprint density at radius 2 is 2.13 bits per heavy atom. The summed E-state index contributed by atoms with van der Waals surface area (Å²) < 4.78 is 15.8. The highest BCUT2D eigenvalue weighted by atomic mass is 16.7. The van der Waals surface area contributed by atoms with Gasteiger partial charge in [0.15, 0.2) is 11.5 Å². The van der Waals surface area contributed by atoms with E-state index < -0.39 is 0 Å². The second kappa shape index (κ2) is 5.20. The van der Waals surface area contributed by atoms with Crippen molar-refractivity contribution < 1.29 is 18.7 Å². The number of ether oxygens (including phenoxy) is 2. The fourth-order valence-corrected chi connectivity index (χ4v) is 2.47. The first-order chi connectivity index (χ1) is 11.2. The quantitative estimate of drug-likeness (QED) is 0.776. The molecule has 1 aliphatic heterocycles. The average molecular weight is 311 g/mol. The highest BCUT2D eigenvalue weighted by molar-refractivity contribution is 6.06. The molecule has 4 rings (SSSR count). The molecule has 0 saturated carbocycles. The Labute approximate surface area is 131 Å². The molecule has 0 unspecified atom stereocenters. The maximum Gasteiger partial charge on any atom is 0.260 e. The maximum atomic E-state index is 12.3. The van der Waals surface area contributed by atoms with E-state index in [-0.39, 0.29) is 12.7 Å².